The van der Waals surface area contributed by atoms with Gasteiger partial charge in [0.15, 0.2) is 5.96 Å². The molecule has 5 nitrogen and oxygen atoms in total. The zero-order valence-corrected chi connectivity index (χ0v) is 14.8. The van der Waals surface area contributed by atoms with Crippen LogP contribution in [0.15, 0.2) is 35.3 Å². The van der Waals surface area contributed by atoms with Gasteiger partial charge in [-0.25, -0.2) is 4.99 Å². The third-order valence-corrected chi connectivity index (χ3v) is 4.12. The van der Waals surface area contributed by atoms with E-state index in [1.54, 1.807) is 0 Å². The number of aliphatic imine (C=N–C) groups is 1. The van der Waals surface area contributed by atoms with E-state index in [2.05, 4.69) is 22.4 Å². The molecule has 1 saturated carbocycles. The van der Waals surface area contributed by atoms with Crippen molar-refractivity contribution in [3.63, 3.8) is 0 Å². The highest BCUT2D eigenvalue weighted by Crippen LogP contribution is 2.21. The van der Waals surface area contributed by atoms with Gasteiger partial charge in [0, 0.05) is 27.1 Å². The number of rotatable bonds is 7. The van der Waals surface area contributed by atoms with E-state index in [1.807, 2.05) is 37.2 Å². The molecular formula is C19H29N3O2. The molecule has 0 radical (unpaired) electrons. The molecule has 1 aromatic rings. The molecule has 0 saturated heterocycles. The summed E-state index contributed by atoms with van der Waals surface area (Å²) in [6.07, 6.45) is 5.80. The molecule has 0 aliphatic heterocycles. The van der Waals surface area contributed by atoms with Crippen molar-refractivity contribution in [1.29, 1.82) is 0 Å². The molecule has 0 bridgehead atoms. The van der Waals surface area contributed by atoms with Gasteiger partial charge in [0.2, 0.25) is 0 Å². The predicted octanol–water partition coefficient (Wildman–Crippen LogP) is 2.96. The van der Waals surface area contributed by atoms with Gasteiger partial charge in [-0.05, 0) is 37.7 Å². The topological polar surface area (TPSA) is 53.9 Å². The summed E-state index contributed by atoms with van der Waals surface area (Å²) in [5.41, 5.74) is 1.18. The summed E-state index contributed by atoms with van der Waals surface area (Å²) in [7, 11) is 3.93. The first-order valence-corrected chi connectivity index (χ1v) is 8.84. The van der Waals surface area contributed by atoms with E-state index in [0.29, 0.717) is 19.5 Å². The molecule has 5 heteroatoms. The van der Waals surface area contributed by atoms with Crippen molar-refractivity contribution in [2.24, 2.45) is 4.99 Å². The van der Waals surface area contributed by atoms with Crippen molar-refractivity contribution >= 4 is 11.9 Å². The standard InChI is InChI=1S/C19H29N3O2/c1-22(2)19(21-15-16-9-4-3-5-10-16)20-14-8-13-18(23)24-17-11-6-7-12-17/h3-5,9-10,17H,6-8,11-15H2,1-2H3,(H,20,21). The highest BCUT2D eigenvalue weighted by Gasteiger charge is 2.18. The average molecular weight is 331 g/mol. The number of carbonyl (C=O) groups excluding carboxylic acids is 1. The second-order valence-electron chi connectivity index (χ2n) is 6.45. The van der Waals surface area contributed by atoms with Crippen molar-refractivity contribution < 1.29 is 9.53 Å². The molecule has 0 heterocycles. The van der Waals surface area contributed by atoms with Gasteiger partial charge in [0.1, 0.15) is 6.10 Å². The third kappa shape index (κ3) is 6.60. The van der Waals surface area contributed by atoms with Crippen LogP contribution in [0.1, 0.15) is 44.1 Å². The van der Waals surface area contributed by atoms with Crippen LogP contribution in [0.3, 0.4) is 0 Å². The highest BCUT2D eigenvalue weighted by molar-refractivity contribution is 5.79. The highest BCUT2D eigenvalue weighted by atomic mass is 16.5. The minimum absolute atomic E-state index is 0.0728. The monoisotopic (exact) mass is 331 g/mol. The number of guanidine groups is 1. The van der Waals surface area contributed by atoms with Gasteiger partial charge in [-0.1, -0.05) is 30.3 Å². The van der Waals surface area contributed by atoms with Gasteiger partial charge < -0.3 is 15.0 Å². The van der Waals surface area contributed by atoms with Crippen LogP contribution in [0.5, 0.6) is 0 Å². The van der Waals surface area contributed by atoms with Crippen LogP contribution in [0, 0.1) is 0 Å². The summed E-state index contributed by atoms with van der Waals surface area (Å²) < 4.78 is 5.46. The maximum atomic E-state index is 11.8. The largest absolute Gasteiger partial charge is 0.462 e. The molecule has 0 spiro atoms. The Morgan fingerprint density at radius 2 is 1.96 bits per heavy atom. The third-order valence-electron chi connectivity index (χ3n) is 4.12. The number of benzene rings is 1. The minimum atomic E-state index is -0.0728. The Kier molecular flexibility index (Phi) is 7.59. The Morgan fingerprint density at radius 3 is 2.62 bits per heavy atom. The number of hydrogen-bond donors (Lipinski definition) is 1. The number of esters is 1. The number of carbonyl (C=O) groups is 1. The zero-order valence-electron chi connectivity index (χ0n) is 14.8. The van der Waals surface area contributed by atoms with Crippen LogP contribution in [-0.2, 0) is 16.1 Å². The molecule has 1 aliphatic rings. The zero-order chi connectivity index (χ0) is 17.2. The molecule has 132 valence electrons. The van der Waals surface area contributed by atoms with Gasteiger partial charge in [0.25, 0.3) is 0 Å². The van der Waals surface area contributed by atoms with E-state index in [1.165, 1.54) is 18.4 Å². The fourth-order valence-corrected chi connectivity index (χ4v) is 2.79. The van der Waals surface area contributed by atoms with Gasteiger partial charge in [0.05, 0.1) is 6.54 Å². The van der Waals surface area contributed by atoms with Crippen LogP contribution < -0.4 is 5.32 Å². The van der Waals surface area contributed by atoms with Crippen molar-refractivity contribution in [3.8, 4) is 0 Å². The minimum Gasteiger partial charge on any atom is -0.462 e. The first-order chi connectivity index (χ1) is 11.6. The van der Waals surface area contributed by atoms with E-state index >= 15 is 0 Å². The Labute approximate surface area is 145 Å². The van der Waals surface area contributed by atoms with Gasteiger partial charge in [-0.3, -0.25) is 4.79 Å². The molecule has 0 atom stereocenters. The van der Waals surface area contributed by atoms with E-state index in [-0.39, 0.29) is 12.1 Å². The fraction of sp³-hybridized carbons (Fsp3) is 0.579. The second-order valence-corrected chi connectivity index (χ2v) is 6.45. The molecule has 2 rings (SSSR count). The Hall–Kier alpha value is -2.04. The van der Waals surface area contributed by atoms with Crippen LogP contribution >= 0.6 is 0 Å². The quantitative estimate of drug-likeness (QED) is 0.361. The van der Waals surface area contributed by atoms with Crippen LogP contribution in [0.4, 0.5) is 0 Å². The Morgan fingerprint density at radius 1 is 1.25 bits per heavy atom. The summed E-state index contributed by atoms with van der Waals surface area (Å²) in [5, 5.41) is 3.31. The maximum absolute atomic E-state index is 11.8. The summed E-state index contributed by atoms with van der Waals surface area (Å²) in [6.45, 7) is 1.36. The lowest BCUT2D eigenvalue weighted by molar-refractivity contribution is -0.148. The van der Waals surface area contributed by atoms with Crippen molar-refractivity contribution in [2.75, 3.05) is 20.6 Å². The van der Waals surface area contributed by atoms with E-state index in [0.717, 1.165) is 25.2 Å². The van der Waals surface area contributed by atoms with Crippen LogP contribution in [-0.4, -0.2) is 43.6 Å². The van der Waals surface area contributed by atoms with Gasteiger partial charge >= 0.3 is 5.97 Å². The summed E-state index contributed by atoms with van der Waals surface area (Å²) in [6, 6.07) is 10.2. The molecule has 1 aliphatic carbocycles. The van der Waals surface area contributed by atoms with E-state index in [9.17, 15) is 4.79 Å². The first kappa shape index (κ1) is 18.3. The SMILES string of the molecule is CN(C)C(=NCc1ccccc1)NCCCC(=O)OC1CCCC1. The lowest BCUT2D eigenvalue weighted by atomic mass is 10.2. The van der Waals surface area contributed by atoms with Gasteiger partial charge in [-0.2, -0.15) is 0 Å². The van der Waals surface area contributed by atoms with Crippen molar-refractivity contribution in [1.82, 2.24) is 10.2 Å². The summed E-state index contributed by atoms with van der Waals surface area (Å²) >= 11 is 0. The molecule has 24 heavy (non-hydrogen) atoms. The van der Waals surface area contributed by atoms with Gasteiger partial charge in [-0.15, -0.1) is 0 Å². The number of hydrogen-bond acceptors (Lipinski definition) is 3. The number of ether oxygens (including phenoxy) is 1. The normalized spacial score (nSPS) is 15.3. The molecule has 0 amide bonds. The molecule has 0 aromatic heterocycles. The lowest BCUT2D eigenvalue weighted by Crippen LogP contribution is -2.37. The molecular weight excluding hydrogens is 302 g/mol. The average Bonchev–Trinajstić information content (AvgIpc) is 3.07. The molecule has 0 unspecified atom stereocenters. The van der Waals surface area contributed by atoms with Crippen molar-refractivity contribution in [3.05, 3.63) is 35.9 Å². The molecule has 1 N–H and O–H groups in total. The predicted molar refractivity (Wildman–Crippen MR) is 96.9 cm³/mol. The van der Waals surface area contributed by atoms with Crippen molar-refractivity contribution in [2.45, 2.75) is 51.2 Å². The Bertz CT molecular complexity index is 523. The number of nitrogens with one attached hydrogen (secondary N) is 1. The van der Waals surface area contributed by atoms with Crippen LogP contribution in [0.2, 0.25) is 0 Å². The lowest BCUT2D eigenvalue weighted by Gasteiger charge is -2.18. The molecule has 1 aromatic carbocycles. The number of nitrogens with zero attached hydrogens (tertiary/aromatic N) is 2. The fourth-order valence-electron chi connectivity index (χ4n) is 2.79. The second kappa shape index (κ2) is 9.96. The van der Waals surface area contributed by atoms with E-state index in [4.69, 9.17) is 4.74 Å². The first-order valence-electron chi connectivity index (χ1n) is 8.84. The molecule has 1 fully saturated rings. The van der Waals surface area contributed by atoms with Crippen LogP contribution in [0.25, 0.3) is 0 Å². The summed E-state index contributed by atoms with van der Waals surface area (Å²) in [5.74, 6) is 0.763. The maximum Gasteiger partial charge on any atom is 0.306 e. The Balaban J connectivity index is 1.68. The smallest absolute Gasteiger partial charge is 0.306 e. The van der Waals surface area contributed by atoms with E-state index < -0.39 is 0 Å². The summed E-state index contributed by atoms with van der Waals surface area (Å²) in [4.78, 5) is 18.4.